The number of likely N-dealkylation sites (tertiary alicyclic amines) is 1. The summed E-state index contributed by atoms with van der Waals surface area (Å²) < 4.78 is 0. The third-order valence-corrected chi connectivity index (χ3v) is 6.14. The van der Waals surface area contributed by atoms with Crippen LogP contribution in [0.3, 0.4) is 0 Å². The fraction of sp³-hybridized carbons (Fsp3) is 0.682. The molecule has 0 aromatic carbocycles. The number of amides is 1. The van der Waals surface area contributed by atoms with Crippen LogP contribution in [0.15, 0.2) is 18.3 Å². The highest BCUT2D eigenvalue weighted by atomic mass is 16.2. The molecule has 0 radical (unpaired) electrons. The molecule has 5 heteroatoms. The third-order valence-electron chi connectivity index (χ3n) is 6.14. The average molecular weight is 372 g/mol. The Morgan fingerprint density at radius 3 is 2.70 bits per heavy atom. The Morgan fingerprint density at radius 1 is 1.33 bits per heavy atom. The molecule has 1 aliphatic heterocycles. The van der Waals surface area contributed by atoms with Gasteiger partial charge in [0.2, 0.25) is 0 Å². The minimum absolute atomic E-state index is 0.0108. The molecule has 3 rings (SSSR count). The third kappa shape index (κ3) is 5.08. The second-order valence-corrected chi connectivity index (χ2v) is 8.79. The Hall–Kier alpha value is -1.91. The summed E-state index contributed by atoms with van der Waals surface area (Å²) in [6, 6.07) is 3.74. The molecule has 0 unspecified atom stereocenters. The van der Waals surface area contributed by atoms with Crippen molar-refractivity contribution in [1.82, 2.24) is 9.88 Å². The van der Waals surface area contributed by atoms with Crippen molar-refractivity contribution in [1.29, 1.82) is 0 Å². The SMILES string of the molecule is CCC1(CNc2ccc(C(=O)N3CCC[C@@H](C(=O)CC(C)C)C3)cn2)CC1. The van der Waals surface area contributed by atoms with Gasteiger partial charge < -0.3 is 10.2 Å². The van der Waals surface area contributed by atoms with E-state index in [0.717, 1.165) is 31.7 Å². The first-order valence-corrected chi connectivity index (χ1v) is 10.4. The number of nitrogens with zero attached hydrogens (tertiary/aromatic N) is 2. The lowest BCUT2D eigenvalue weighted by Crippen LogP contribution is -2.42. The number of ketones is 1. The van der Waals surface area contributed by atoms with Crippen molar-refractivity contribution >= 4 is 17.5 Å². The predicted molar refractivity (Wildman–Crippen MR) is 108 cm³/mol. The van der Waals surface area contributed by atoms with Gasteiger partial charge in [-0.1, -0.05) is 20.8 Å². The Morgan fingerprint density at radius 2 is 2.11 bits per heavy atom. The minimum atomic E-state index is -0.0113. The predicted octanol–water partition coefficient (Wildman–Crippen LogP) is 4.15. The molecule has 2 heterocycles. The van der Waals surface area contributed by atoms with E-state index < -0.39 is 0 Å². The molecule has 1 amide bonds. The lowest BCUT2D eigenvalue weighted by molar-refractivity contribution is -0.124. The summed E-state index contributed by atoms with van der Waals surface area (Å²) in [5.74, 6) is 1.47. The molecule has 1 aromatic heterocycles. The number of anilines is 1. The molecule has 1 aromatic rings. The van der Waals surface area contributed by atoms with Gasteiger partial charge in [0.15, 0.2) is 0 Å². The molecule has 148 valence electrons. The number of hydrogen-bond donors (Lipinski definition) is 1. The Labute approximate surface area is 162 Å². The van der Waals surface area contributed by atoms with Crippen LogP contribution in [0.25, 0.3) is 0 Å². The van der Waals surface area contributed by atoms with Crippen LogP contribution in [0, 0.1) is 17.3 Å². The highest BCUT2D eigenvalue weighted by Gasteiger charge is 2.40. The second-order valence-electron chi connectivity index (χ2n) is 8.79. The maximum absolute atomic E-state index is 12.8. The summed E-state index contributed by atoms with van der Waals surface area (Å²) in [4.78, 5) is 31.5. The zero-order chi connectivity index (χ0) is 19.4. The number of pyridine rings is 1. The first kappa shape index (κ1) is 19.8. The van der Waals surface area contributed by atoms with Gasteiger partial charge in [0.1, 0.15) is 11.6 Å². The van der Waals surface area contributed by atoms with Crippen LogP contribution in [0.5, 0.6) is 0 Å². The maximum Gasteiger partial charge on any atom is 0.255 e. The standard InChI is InChI=1S/C22H33N3O2/c1-4-22(9-10-22)15-24-20-8-7-17(13-23-20)21(27)25-11-5-6-18(14-25)19(26)12-16(2)3/h7-8,13,16,18H,4-6,9-12,14-15H2,1-3H3,(H,23,24)/t18-/m1/s1. The Kier molecular flexibility index (Phi) is 6.18. The summed E-state index contributed by atoms with van der Waals surface area (Å²) in [5, 5.41) is 3.40. The van der Waals surface area contributed by atoms with Gasteiger partial charge in [-0.05, 0) is 55.6 Å². The first-order valence-electron chi connectivity index (χ1n) is 10.4. The van der Waals surface area contributed by atoms with Crippen LogP contribution in [0.4, 0.5) is 5.82 Å². The van der Waals surface area contributed by atoms with Gasteiger partial charge in [0.25, 0.3) is 5.91 Å². The monoisotopic (exact) mass is 371 g/mol. The summed E-state index contributed by atoms with van der Waals surface area (Å²) in [7, 11) is 0. The Balaban J connectivity index is 1.55. The van der Waals surface area contributed by atoms with E-state index in [-0.39, 0.29) is 11.8 Å². The average Bonchev–Trinajstić information content (AvgIpc) is 3.46. The number of carbonyl (C=O) groups is 2. The number of hydrogen-bond acceptors (Lipinski definition) is 4. The molecule has 1 saturated heterocycles. The van der Waals surface area contributed by atoms with Crippen LogP contribution in [-0.4, -0.2) is 41.2 Å². The van der Waals surface area contributed by atoms with Crippen molar-refractivity contribution in [3.63, 3.8) is 0 Å². The lowest BCUT2D eigenvalue weighted by Gasteiger charge is -2.32. The van der Waals surface area contributed by atoms with E-state index >= 15 is 0 Å². The zero-order valence-corrected chi connectivity index (χ0v) is 17.0. The summed E-state index contributed by atoms with van der Waals surface area (Å²) in [5.41, 5.74) is 1.07. The van der Waals surface area contributed by atoms with Gasteiger partial charge in [-0.25, -0.2) is 4.98 Å². The van der Waals surface area contributed by atoms with Crippen molar-refractivity contribution in [2.24, 2.45) is 17.3 Å². The molecule has 1 N–H and O–H groups in total. The molecule has 0 spiro atoms. The molecule has 1 atom stereocenters. The molecular formula is C22H33N3O2. The molecule has 5 nitrogen and oxygen atoms in total. The number of rotatable bonds is 8. The molecule has 1 aliphatic carbocycles. The Bertz CT molecular complexity index is 665. The number of carbonyl (C=O) groups excluding carboxylic acids is 2. The topological polar surface area (TPSA) is 62.3 Å². The summed E-state index contributed by atoms with van der Waals surface area (Å²) >= 11 is 0. The van der Waals surface area contributed by atoms with E-state index in [2.05, 4.69) is 31.1 Å². The second kappa shape index (κ2) is 8.41. The van der Waals surface area contributed by atoms with E-state index in [1.54, 1.807) is 6.20 Å². The summed E-state index contributed by atoms with van der Waals surface area (Å²) in [6.07, 6.45) is 7.84. The smallest absolute Gasteiger partial charge is 0.255 e. The van der Waals surface area contributed by atoms with Gasteiger partial charge in [-0.2, -0.15) is 0 Å². The fourth-order valence-corrected chi connectivity index (χ4v) is 3.91. The van der Waals surface area contributed by atoms with Crippen LogP contribution in [0.1, 0.15) is 69.7 Å². The van der Waals surface area contributed by atoms with Crippen molar-refractivity contribution in [3.05, 3.63) is 23.9 Å². The van der Waals surface area contributed by atoms with Gasteiger partial charge in [0.05, 0.1) is 5.56 Å². The normalized spacial score (nSPS) is 21.2. The number of nitrogens with one attached hydrogen (secondary N) is 1. The minimum Gasteiger partial charge on any atom is -0.370 e. The molecule has 2 fully saturated rings. The molecule has 1 saturated carbocycles. The number of aromatic nitrogens is 1. The van der Waals surface area contributed by atoms with Gasteiger partial charge in [-0.3, -0.25) is 9.59 Å². The van der Waals surface area contributed by atoms with E-state index in [9.17, 15) is 9.59 Å². The molecule has 0 bridgehead atoms. The van der Waals surface area contributed by atoms with E-state index in [1.807, 2.05) is 17.0 Å². The van der Waals surface area contributed by atoms with E-state index in [4.69, 9.17) is 0 Å². The van der Waals surface area contributed by atoms with Crippen molar-refractivity contribution in [2.45, 2.75) is 59.3 Å². The number of Topliss-reactive ketones (excluding diaryl/α,β-unsaturated/α-hetero) is 1. The lowest BCUT2D eigenvalue weighted by atomic mass is 9.89. The van der Waals surface area contributed by atoms with Crippen molar-refractivity contribution < 1.29 is 9.59 Å². The zero-order valence-electron chi connectivity index (χ0n) is 17.0. The summed E-state index contributed by atoms with van der Waals surface area (Å²) in [6.45, 7) is 8.59. The first-order chi connectivity index (χ1) is 12.9. The van der Waals surface area contributed by atoms with Gasteiger partial charge in [-0.15, -0.1) is 0 Å². The van der Waals surface area contributed by atoms with Gasteiger partial charge in [0, 0.05) is 38.2 Å². The highest BCUT2D eigenvalue weighted by Crippen LogP contribution is 2.48. The highest BCUT2D eigenvalue weighted by molar-refractivity contribution is 5.94. The van der Waals surface area contributed by atoms with E-state index in [0.29, 0.717) is 35.6 Å². The van der Waals surface area contributed by atoms with Crippen LogP contribution < -0.4 is 5.32 Å². The van der Waals surface area contributed by atoms with Crippen LogP contribution >= 0.6 is 0 Å². The molecule has 2 aliphatic rings. The van der Waals surface area contributed by atoms with Crippen LogP contribution in [0.2, 0.25) is 0 Å². The van der Waals surface area contributed by atoms with E-state index in [1.165, 1.54) is 19.3 Å². The fourth-order valence-electron chi connectivity index (χ4n) is 3.91. The largest absolute Gasteiger partial charge is 0.370 e. The number of piperidine rings is 1. The van der Waals surface area contributed by atoms with Gasteiger partial charge >= 0.3 is 0 Å². The molecule has 27 heavy (non-hydrogen) atoms. The maximum atomic E-state index is 12.8. The van der Waals surface area contributed by atoms with Crippen LogP contribution in [-0.2, 0) is 4.79 Å². The quantitative estimate of drug-likeness (QED) is 0.746. The van der Waals surface area contributed by atoms with Crippen molar-refractivity contribution in [2.75, 3.05) is 25.0 Å². The molecular weight excluding hydrogens is 338 g/mol. The van der Waals surface area contributed by atoms with Crippen molar-refractivity contribution in [3.8, 4) is 0 Å².